The molecule has 2 heteroatoms. The minimum atomic E-state index is 0.259. The van der Waals surface area contributed by atoms with Crippen molar-refractivity contribution in [3.05, 3.63) is 0 Å². The van der Waals surface area contributed by atoms with Crippen molar-refractivity contribution >= 4 is 0 Å². The first-order chi connectivity index (χ1) is 4.72. The van der Waals surface area contributed by atoms with Gasteiger partial charge in [-0.2, -0.15) is 0 Å². The summed E-state index contributed by atoms with van der Waals surface area (Å²) in [5, 5.41) is 0. The molecule has 1 unspecified atom stereocenters. The molecule has 0 N–H and O–H groups in total. The van der Waals surface area contributed by atoms with Gasteiger partial charge in [0.15, 0.2) is 0 Å². The Morgan fingerprint density at radius 1 is 1.30 bits per heavy atom. The van der Waals surface area contributed by atoms with E-state index in [1.807, 2.05) is 0 Å². The van der Waals surface area contributed by atoms with E-state index in [0.717, 1.165) is 12.8 Å². The van der Waals surface area contributed by atoms with Gasteiger partial charge in [-0.05, 0) is 12.3 Å². The molecule has 0 aromatic rings. The molecule has 0 radical (unpaired) electrons. The minimum Gasteiger partial charge on any atom is -0.240 e. The summed E-state index contributed by atoms with van der Waals surface area (Å²) in [6.45, 7) is 6.42. The molecule has 0 rings (SSSR count). The van der Waals surface area contributed by atoms with Crippen molar-refractivity contribution in [2.75, 3.05) is 7.11 Å². The number of hydrogen-bond donors (Lipinski definition) is 0. The predicted molar refractivity (Wildman–Crippen MR) is 41.6 cm³/mol. The van der Waals surface area contributed by atoms with Gasteiger partial charge < -0.3 is 0 Å². The maximum atomic E-state index is 5.04. The van der Waals surface area contributed by atoms with Crippen LogP contribution in [0.3, 0.4) is 0 Å². The minimum absolute atomic E-state index is 0.259. The van der Waals surface area contributed by atoms with Crippen molar-refractivity contribution in [3.63, 3.8) is 0 Å². The zero-order valence-corrected chi connectivity index (χ0v) is 7.39. The summed E-state index contributed by atoms with van der Waals surface area (Å²) < 4.78 is 0. The van der Waals surface area contributed by atoms with Gasteiger partial charge in [0.2, 0.25) is 0 Å². The smallest absolute Gasteiger partial charge is 0.0952 e. The van der Waals surface area contributed by atoms with E-state index in [-0.39, 0.29) is 6.10 Å². The van der Waals surface area contributed by atoms with Gasteiger partial charge in [-0.3, -0.25) is 0 Å². The van der Waals surface area contributed by atoms with Crippen LogP contribution in [-0.2, 0) is 9.78 Å². The van der Waals surface area contributed by atoms with Crippen LogP contribution in [0.1, 0.15) is 33.6 Å². The highest BCUT2D eigenvalue weighted by Crippen LogP contribution is 2.12. The normalized spacial score (nSPS) is 14.1. The van der Waals surface area contributed by atoms with Crippen LogP contribution >= 0.6 is 0 Å². The van der Waals surface area contributed by atoms with Crippen LogP contribution in [0.5, 0.6) is 0 Å². The van der Waals surface area contributed by atoms with Crippen LogP contribution < -0.4 is 0 Å². The lowest BCUT2D eigenvalue weighted by Crippen LogP contribution is -2.18. The van der Waals surface area contributed by atoms with Gasteiger partial charge in [0.1, 0.15) is 0 Å². The fourth-order valence-corrected chi connectivity index (χ4v) is 0.901. The van der Waals surface area contributed by atoms with Gasteiger partial charge >= 0.3 is 0 Å². The van der Waals surface area contributed by atoms with E-state index in [0.29, 0.717) is 5.92 Å². The monoisotopic (exact) mass is 146 g/mol. The van der Waals surface area contributed by atoms with Gasteiger partial charge in [0, 0.05) is 0 Å². The molecule has 0 heterocycles. The first kappa shape index (κ1) is 9.92. The van der Waals surface area contributed by atoms with Crippen LogP contribution in [0.15, 0.2) is 0 Å². The van der Waals surface area contributed by atoms with Crippen LogP contribution in [-0.4, -0.2) is 13.2 Å². The molecule has 0 fully saturated rings. The van der Waals surface area contributed by atoms with Crippen LogP contribution in [0.2, 0.25) is 0 Å². The Labute approximate surface area is 63.5 Å². The Morgan fingerprint density at radius 2 is 1.90 bits per heavy atom. The van der Waals surface area contributed by atoms with E-state index in [2.05, 4.69) is 25.7 Å². The molecule has 0 aliphatic carbocycles. The largest absolute Gasteiger partial charge is 0.240 e. The molecule has 0 aliphatic rings. The summed E-state index contributed by atoms with van der Waals surface area (Å²) in [7, 11) is 1.56. The number of hydrogen-bond acceptors (Lipinski definition) is 2. The second kappa shape index (κ2) is 5.69. The zero-order chi connectivity index (χ0) is 7.98. The van der Waals surface area contributed by atoms with E-state index in [4.69, 9.17) is 4.89 Å². The third-order valence-corrected chi connectivity index (χ3v) is 1.54. The molecule has 0 aliphatic heterocycles. The zero-order valence-electron chi connectivity index (χ0n) is 7.39. The lowest BCUT2D eigenvalue weighted by atomic mass is 10.0. The van der Waals surface area contributed by atoms with Crippen molar-refractivity contribution < 1.29 is 9.78 Å². The molecule has 0 aromatic heterocycles. The van der Waals surface area contributed by atoms with E-state index in [1.54, 1.807) is 7.11 Å². The molecule has 0 saturated carbocycles. The molecule has 1 atom stereocenters. The average Bonchev–Trinajstić information content (AvgIpc) is 1.87. The first-order valence-corrected chi connectivity index (χ1v) is 3.91. The fourth-order valence-electron chi connectivity index (χ4n) is 0.901. The molecule has 10 heavy (non-hydrogen) atoms. The summed E-state index contributed by atoms with van der Waals surface area (Å²) in [4.78, 5) is 9.66. The SMILES string of the molecule is CCCC(OOC)C(C)C. The quantitative estimate of drug-likeness (QED) is 0.438. The van der Waals surface area contributed by atoms with Gasteiger partial charge in [0.05, 0.1) is 13.2 Å². The van der Waals surface area contributed by atoms with Crippen LogP contribution in [0, 0.1) is 5.92 Å². The maximum Gasteiger partial charge on any atom is 0.0952 e. The second-order valence-electron chi connectivity index (χ2n) is 2.83. The highest BCUT2D eigenvalue weighted by atomic mass is 17.2. The van der Waals surface area contributed by atoms with Crippen molar-refractivity contribution in [3.8, 4) is 0 Å². The molecule has 2 nitrogen and oxygen atoms in total. The van der Waals surface area contributed by atoms with Gasteiger partial charge in [0.25, 0.3) is 0 Å². The third-order valence-electron chi connectivity index (χ3n) is 1.54. The highest BCUT2D eigenvalue weighted by molar-refractivity contribution is 4.58. The van der Waals surface area contributed by atoms with Crippen molar-refractivity contribution in [2.24, 2.45) is 5.92 Å². The maximum absolute atomic E-state index is 5.04. The topological polar surface area (TPSA) is 18.5 Å². The molecule has 62 valence electrons. The molecular formula is C8H18O2. The van der Waals surface area contributed by atoms with Gasteiger partial charge in [-0.15, -0.1) is 0 Å². The Morgan fingerprint density at radius 3 is 2.20 bits per heavy atom. The van der Waals surface area contributed by atoms with Crippen LogP contribution in [0.25, 0.3) is 0 Å². The first-order valence-electron chi connectivity index (χ1n) is 3.91. The number of rotatable bonds is 5. The molecule has 0 spiro atoms. The summed E-state index contributed by atoms with van der Waals surface area (Å²) in [5.41, 5.74) is 0. The Hall–Kier alpha value is -0.0800. The Balaban J connectivity index is 3.50. The standard InChI is InChI=1S/C8H18O2/c1-5-6-8(7(2)3)10-9-4/h7-8H,5-6H2,1-4H3. The average molecular weight is 146 g/mol. The summed E-state index contributed by atoms with van der Waals surface area (Å²) in [6, 6.07) is 0. The molecule has 0 saturated heterocycles. The molecule has 0 aromatic carbocycles. The summed E-state index contributed by atoms with van der Waals surface area (Å²) >= 11 is 0. The second-order valence-corrected chi connectivity index (χ2v) is 2.83. The van der Waals surface area contributed by atoms with Gasteiger partial charge in [-0.25, -0.2) is 9.78 Å². The predicted octanol–water partition coefficient (Wildman–Crippen LogP) is 2.39. The van der Waals surface area contributed by atoms with E-state index in [1.165, 1.54) is 0 Å². The lowest BCUT2D eigenvalue weighted by Gasteiger charge is -2.17. The van der Waals surface area contributed by atoms with Crippen LogP contribution in [0.4, 0.5) is 0 Å². The van der Waals surface area contributed by atoms with Gasteiger partial charge in [-0.1, -0.05) is 27.2 Å². The third kappa shape index (κ3) is 3.85. The molecule has 0 amide bonds. The fraction of sp³-hybridized carbons (Fsp3) is 1.00. The van der Waals surface area contributed by atoms with E-state index >= 15 is 0 Å². The van der Waals surface area contributed by atoms with E-state index < -0.39 is 0 Å². The highest BCUT2D eigenvalue weighted by Gasteiger charge is 2.12. The summed E-state index contributed by atoms with van der Waals surface area (Å²) in [5.74, 6) is 0.542. The Kier molecular flexibility index (Phi) is 5.64. The Bertz CT molecular complexity index is 65.7. The summed E-state index contributed by atoms with van der Waals surface area (Å²) in [6.07, 6.45) is 2.48. The lowest BCUT2D eigenvalue weighted by molar-refractivity contribution is -0.314. The molecular weight excluding hydrogens is 128 g/mol. The van der Waals surface area contributed by atoms with Crippen molar-refractivity contribution in [2.45, 2.75) is 39.7 Å². The molecule has 0 bridgehead atoms. The van der Waals surface area contributed by atoms with Crippen molar-refractivity contribution in [1.29, 1.82) is 0 Å². The van der Waals surface area contributed by atoms with E-state index in [9.17, 15) is 0 Å². The van der Waals surface area contributed by atoms with Crippen molar-refractivity contribution in [1.82, 2.24) is 0 Å².